The van der Waals surface area contributed by atoms with Gasteiger partial charge in [-0.1, -0.05) is 12.1 Å². The second kappa shape index (κ2) is 8.66. The fourth-order valence-electron chi connectivity index (χ4n) is 3.36. The van der Waals surface area contributed by atoms with E-state index >= 15 is 0 Å². The summed E-state index contributed by atoms with van der Waals surface area (Å²) in [5, 5.41) is 3.45. The van der Waals surface area contributed by atoms with E-state index in [1.165, 1.54) is 11.1 Å². The van der Waals surface area contributed by atoms with Crippen LogP contribution in [0, 0.1) is 0 Å². The average molecular weight is 369 g/mol. The highest BCUT2D eigenvalue weighted by molar-refractivity contribution is 5.80. The first-order chi connectivity index (χ1) is 13.2. The topological polar surface area (TPSA) is 55.3 Å². The summed E-state index contributed by atoms with van der Waals surface area (Å²) in [6, 6.07) is 12.2. The van der Waals surface area contributed by atoms with Gasteiger partial charge < -0.3 is 24.4 Å². The normalized spacial score (nSPS) is 13.8. The fraction of sp³-hybridized carbons (Fsp3) is 0.381. The second-order valence-corrected chi connectivity index (χ2v) is 6.40. The molecule has 1 aliphatic rings. The van der Waals surface area contributed by atoms with Crippen molar-refractivity contribution in [2.75, 3.05) is 34.9 Å². The Morgan fingerprint density at radius 2 is 1.78 bits per heavy atom. The van der Waals surface area contributed by atoms with Gasteiger partial charge in [-0.05, 0) is 47.4 Å². The van der Waals surface area contributed by atoms with Crippen molar-refractivity contribution in [3.63, 3.8) is 0 Å². The van der Waals surface area contributed by atoms with Gasteiger partial charge in [-0.25, -0.2) is 0 Å². The number of benzene rings is 2. The maximum Gasteiger partial charge on any atom is 0.194 e. The number of fused-ring (bicyclic) bond motifs is 1. The van der Waals surface area contributed by atoms with Crippen molar-refractivity contribution in [3.05, 3.63) is 53.1 Å². The van der Waals surface area contributed by atoms with E-state index in [1.807, 2.05) is 25.2 Å². The summed E-state index contributed by atoms with van der Waals surface area (Å²) in [5.41, 5.74) is 3.69. The molecule has 144 valence electrons. The third-order valence-corrected chi connectivity index (χ3v) is 4.81. The van der Waals surface area contributed by atoms with E-state index in [9.17, 15) is 0 Å². The Morgan fingerprint density at radius 3 is 2.44 bits per heavy atom. The molecule has 0 unspecified atom stereocenters. The molecule has 0 saturated heterocycles. The molecule has 0 radical (unpaired) electrons. The van der Waals surface area contributed by atoms with Crippen molar-refractivity contribution in [2.24, 2.45) is 4.99 Å². The van der Waals surface area contributed by atoms with Gasteiger partial charge >= 0.3 is 0 Å². The zero-order valence-electron chi connectivity index (χ0n) is 16.4. The molecule has 0 fully saturated rings. The summed E-state index contributed by atoms with van der Waals surface area (Å²) < 4.78 is 16.2. The first kappa shape index (κ1) is 18.9. The second-order valence-electron chi connectivity index (χ2n) is 6.40. The summed E-state index contributed by atoms with van der Waals surface area (Å²) in [6.45, 7) is 2.38. The molecule has 2 aromatic carbocycles. The lowest BCUT2D eigenvalue weighted by Gasteiger charge is -2.32. The third kappa shape index (κ3) is 4.27. The number of guanidine groups is 1. The van der Waals surface area contributed by atoms with E-state index < -0.39 is 0 Å². The highest BCUT2D eigenvalue weighted by Gasteiger charge is 2.21. The van der Waals surface area contributed by atoms with E-state index in [-0.39, 0.29) is 0 Å². The van der Waals surface area contributed by atoms with Gasteiger partial charge in [0.25, 0.3) is 0 Å². The number of rotatable bonds is 5. The first-order valence-electron chi connectivity index (χ1n) is 9.00. The predicted octanol–water partition coefficient (Wildman–Crippen LogP) is 2.85. The third-order valence-electron chi connectivity index (χ3n) is 4.81. The Morgan fingerprint density at radius 1 is 1.04 bits per heavy atom. The Balaban J connectivity index is 1.70. The number of ether oxygens (including phenoxy) is 3. The van der Waals surface area contributed by atoms with Gasteiger partial charge in [-0.15, -0.1) is 0 Å². The molecule has 0 amide bonds. The molecule has 3 rings (SSSR count). The number of nitrogens with zero attached hydrogens (tertiary/aromatic N) is 2. The Labute approximate surface area is 160 Å². The summed E-state index contributed by atoms with van der Waals surface area (Å²) in [7, 11) is 6.83. The van der Waals surface area contributed by atoms with Crippen LogP contribution >= 0.6 is 0 Å². The van der Waals surface area contributed by atoms with Gasteiger partial charge in [0.05, 0.1) is 21.3 Å². The lowest BCUT2D eigenvalue weighted by atomic mass is 9.99. The van der Waals surface area contributed by atoms with Gasteiger partial charge in [0.15, 0.2) is 17.5 Å². The molecule has 0 saturated carbocycles. The molecule has 2 aromatic rings. The van der Waals surface area contributed by atoms with E-state index in [4.69, 9.17) is 14.2 Å². The fourth-order valence-corrected chi connectivity index (χ4v) is 3.36. The van der Waals surface area contributed by atoms with Gasteiger partial charge in [-0.2, -0.15) is 0 Å². The van der Waals surface area contributed by atoms with Crippen LogP contribution in [-0.2, 0) is 19.5 Å². The maximum absolute atomic E-state index is 5.45. The molecule has 1 aliphatic heterocycles. The van der Waals surface area contributed by atoms with Crippen molar-refractivity contribution in [1.29, 1.82) is 0 Å². The lowest BCUT2D eigenvalue weighted by Crippen LogP contribution is -2.43. The van der Waals surface area contributed by atoms with Crippen LogP contribution in [0.4, 0.5) is 0 Å². The Bertz CT molecular complexity index is 820. The molecule has 1 heterocycles. The molecule has 1 N–H and O–H groups in total. The molecule has 0 aromatic heterocycles. The van der Waals surface area contributed by atoms with Crippen molar-refractivity contribution in [1.82, 2.24) is 10.2 Å². The molecule has 0 spiro atoms. The maximum atomic E-state index is 5.45. The quantitative estimate of drug-likeness (QED) is 0.649. The molecule has 6 heteroatoms. The minimum Gasteiger partial charge on any atom is -0.497 e. The van der Waals surface area contributed by atoms with Gasteiger partial charge in [0.2, 0.25) is 0 Å². The van der Waals surface area contributed by atoms with Gasteiger partial charge in [-0.3, -0.25) is 4.99 Å². The van der Waals surface area contributed by atoms with Gasteiger partial charge in [0.1, 0.15) is 5.75 Å². The van der Waals surface area contributed by atoms with Crippen LogP contribution in [0.25, 0.3) is 0 Å². The van der Waals surface area contributed by atoms with Crippen LogP contribution in [0.15, 0.2) is 41.4 Å². The summed E-state index contributed by atoms with van der Waals surface area (Å²) in [4.78, 5) is 6.72. The van der Waals surface area contributed by atoms with Crippen molar-refractivity contribution in [3.8, 4) is 17.2 Å². The number of aliphatic imine (C=N–C) groups is 1. The zero-order chi connectivity index (χ0) is 19.2. The number of methoxy groups -OCH3 is 3. The van der Waals surface area contributed by atoms with E-state index in [0.717, 1.165) is 48.3 Å². The Kier molecular flexibility index (Phi) is 6.06. The molecule has 27 heavy (non-hydrogen) atoms. The number of hydrogen-bond donors (Lipinski definition) is 1. The highest BCUT2D eigenvalue weighted by Crippen LogP contribution is 2.33. The van der Waals surface area contributed by atoms with E-state index in [1.54, 1.807) is 21.3 Å². The van der Waals surface area contributed by atoms with Crippen molar-refractivity contribution in [2.45, 2.75) is 19.5 Å². The zero-order valence-corrected chi connectivity index (χ0v) is 16.4. The number of nitrogens with one attached hydrogen (secondary N) is 1. The van der Waals surface area contributed by atoms with Crippen LogP contribution in [-0.4, -0.2) is 45.8 Å². The predicted molar refractivity (Wildman–Crippen MR) is 107 cm³/mol. The van der Waals surface area contributed by atoms with Crippen LogP contribution in [0.3, 0.4) is 0 Å². The summed E-state index contributed by atoms with van der Waals surface area (Å²) in [5.74, 6) is 3.29. The molecule has 0 aliphatic carbocycles. The first-order valence-corrected chi connectivity index (χ1v) is 9.00. The molecular weight excluding hydrogens is 342 g/mol. The van der Waals surface area contributed by atoms with Crippen LogP contribution in [0.1, 0.15) is 16.7 Å². The standard InChI is InChI=1S/C21H27N3O3/c1-22-21(23-13-15-6-5-7-18(10-15)25-2)24-9-8-16-11-19(26-3)20(27-4)12-17(16)14-24/h5-7,10-12H,8-9,13-14H2,1-4H3,(H,22,23). The largest absolute Gasteiger partial charge is 0.497 e. The van der Waals surface area contributed by atoms with Gasteiger partial charge in [0, 0.05) is 26.7 Å². The van der Waals surface area contributed by atoms with E-state index in [2.05, 4.69) is 33.4 Å². The Hall–Kier alpha value is -2.89. The van der Waals surface area contributed by atoms with Crippen LogP contribution in [0.2, 0.25) is 0 Å². The minimum atomic E-state index is 0.694. The molecular formula is C21H27N3O3. The van der Waals surface area contributed by atoms with Crippen LogP contribution < -0.4 is 19.5 Å². The average Bonchev–Trinajstić information content (AvgIpc) is 2.73. The van der Waals surface area contributed by atoms with Crippen LogP contribution in [0.5, 0.6) is 17.2 Å². The minimum absolute atomic E-state index is 0.694. The summed E-state index contributed by atoms with van der Waals surface area (Å²) in [6.07, 6.45) is 0.940. The smallest absolute Gasteiger partial charge is 0.194 e. The van der Waals surface area contributed by atoms with Crippen molar-refractivity contribution >= 4 is 5.96 Å². The SMILES string of the molecule is CN=C(NCc1cccc(OC)c1)N1CCc2cc(OC)c(OC)cc2C1. The monoisotopic (exact) mass is 369 g/mol. The molecule has 0 atom stereocenters. The molecule has 6 nitrogen and oxygen atoms in total. The highest BCUT2D eigenvalue weighted by atomic mass is 16.5. The summed E-state index contributed by atoms with van der Waals surface area (Å²) >= 11 is 0. The molecule has 0 bridgehead atoms. The number of hydrogen-bond acceptors (Lipinski definition) is 4. The van der Waals surface area contributed by atoms with E-state index in [0.29, 0.717) is 6.54 Å². The van der Waals surface area contributed by atoms with Crippen molar-refractivity contribution < 1.29 is 14.2 Å². The lowest BCUT2D eigenvalue weighted by molar-refractivity contribution is 0.346.